The van der Waals surface area contributed by atoms with E-state index in [1.807, 2.05) is 97.1 Å². The van der Waals surface area contributed by atoms with Crippen molar-refractivity contribution in [3.05, 3.63) is 267 Å². The minimum Gasteiger partial charge on any atom is -0.505 e. The first-order valence-corrected chi connectivity index (χ1v) is 28.0. The van der Waals surface area contributed by atoms with Gasteiger partial charge in [-0.15, -0.1) is 24.3 Å². The number of ether oxygens (including phenoxy) is 2. The third-order valence-corrected chi connectivity index (χ3v) is 16.6. The molecule has 0 amide bonds. The summed E-state index contributed by atoms with van der Waals surface area (Å²) in [5.74, 6) is 3.72. The SMILES string of the molecule is Cc1cc(-c2ccccc2OCC2C3CCC(CC3)C2COc2ccccc2-c2cc(C)cc(-n3c4ccccc4c4ccccc43)c2O)c(O)c(-n2c3ccccc3c3ccccc32)c1.[CH2-]c1ccccc1.[CH2-]c1ccccc1.[Zr+2]. The van der Waals surface area contributed by atoms with Crippen LogP contribution in [0.2, 0.25) is 0 Å². The molecule has 2 unspecified atom stereocenters. The van der Waals surface area contributed by atoms with Crippen LogP contribution in [0.5, 0.6) is 23.0 Å². The second-order valence-electron chi connectivity index (χ2n) is 21.7. The summed E-state index contributed by atoms with van der Waals surface area (Å²) >= 11 is 0. The van der Waals surface area contributed by atoms with Crippen LogP contribution in [-0.4, -0.2) is 32.6 Å². The first-order chi connectivity index (χ1) is 39.2. The molecular weight excluding hydrogens is 1070 g/mol. The van der Waals surface area contributed by atoms with Gasteiger partial charge in [0.05, 0.1) is 46.7 Å². The number of aryl methyl sites for hydroxylation is 2. The fourth-order valence-electron chi connectivity index (χ4n) is 12.8. The summed E-state index contributed by atoms with van der Waals surface area (Å²) in [4.78, 5) is 0. The molecule has 81 heavy (non-hydrogen) atoms. The van der Waals surface area contributed by atoms with E-state index in [1.54, 1.807) is 0 Å². The summed E-state index contributed by atoms with van der Waals surface area (Å²) in [6, 6.07) is 78.0. The molecule has 3 aliphatic rings. The summed E-state index contributed by atoms with van der Waals surface area (Å²) in [5, 5.41) is 29.2. The van der Waals surface area contributed by atoms with Crippen molar-refractivity contribution < 1.29 is 45.9 Å². The van der Waals surface area contributed by atoms with Gasteiger partial charge in [-0.05, 0) is 123 Å². The maximum absolute atomic E-state index is 12.3. The maximum Gasteiger partial charge on any atom is 2.00 e. The van der Waals surface area contributed by atoms with Gasteiger partial charge in [0.25, 0.3) is 0 Å². The number of hydrogen-bond acceptors (Lipinski definition) is 4. The quantitative estimate of drug-likeness (QED) is 0.134. The molecule has 0 aliphatic heterocycles. The van der Waals surface area contributed by atoms with Crippen molar-refractivity contribution in [2.45, 2.75) is 39.5 Å². The summed E-state index contributed by atoms with van der Waals surface area (Å²) in [6.07, 6.45) is 4.82. The fraction of sp³-hybridized carbons (Fsp3) is 0.162. The average molecular weight is 1140 g/mol. The molecule has 6 nitrogen and oxygen atoms in total. The summed E-state index contributed by atoms with van der Waals surface area (Å²) in [6.45, 7) is 12.8. The smallest absolute Gasteiger partial charge is 0.505 e. The minimum absolute atomic E-state index is 0. The molecule has 2 N–H and O–H groups in total. The Hall–Kier alpha value is -8.38. The zero-order valence-corrected chi connectivity index (χ0v) is 48.5. The van der Waals surface area contributed by atoms with E-state index < -0.39 is 0 Å². The second kappa shape index (κ2) is 24.1. The summed E-state index contributed by atoms with van der Waals surface area (Å²) in [7, 11) is 0. The van der Waals surface area contributed by atoms with Gasteiger partial charge in [0, 0.05) is 55.6 Å². The third kappa shape index (κ3) is 11.0. The summed E-state index contributed by atoms with van der Waals surface area (Å²) < 4.78 is 18.3. The molecule has 2 atom stereocenters. The number of hydrogen-bond donors (Lipinski definition) is 2. The predicted molar refractivity (Wildman–Crippen MR) is 330 cm³/mol. The van der Waals surface area contributed by atoms with Crippen LogP contribution < -0.4 is 9.47 Å². The van der Waals surface area contributed by atoms with Crippen LogP contribution in [0, 0.1) is 51.4 Å². The van der Waals surface area contributed by atoms with Crippen molar-refractivity contribution in [2.24, 2.45) is 23.7 Å². The van der Waals surface area contributed by atoms with Crippen molar-refractivity contribution in [3.63, 3.8) is 0 Å². The Balaban J connectivity index is 0.000000404. The van der Waals surface area contributed by atoms with E-state index in [9.17, 15) is 10.2 Å². The fourth-order valence-corrected chi connectivity index (χ4v) is 12.8. The molecule has 15 rings (SSSR count). The van der Waals surface area contributed by atoms with Gasteiger partial charge in [0.1, 0.15) is 23.0 Å². The van der Waals surface area contributed by atoms with Crippen molar-refractivity contribution in [2.75, 3.05) is 13.2 Å². The second-order valence-corrected chi connectivity index (χ2v) is 21.7. The molecule has 2 aromatic heterocycles. The molecular formula is C74H66N2O4Zr. The van der Waals surface area contributed by atoms with Crippen LogP contribution >= 0.6 is 0 Å². The van der Waals surface area contributed by atoms with Gasteiger partial charge in [-0.2, -0.15) is 49.2 Å². The molecule has 3 saturated carbocycles. The molecule has 2 heterocycles. The Morgan fingerprint density at radius 1 is 0.383 bits per heavy atom. The number of para-hydroxylation sites is 6. The number of rotatable bonds is 10. The van der Waals surface area contributed by atoms with Gasteiger partial charge in [0.2, 0.25) is 0 Å². The first-order valence-electron chi connectivity index (χ1n) is 28.0. The monoisotopic (exact) mass is 1140 g/mol. The van der Waals surface area contributed by atoms with Crippen LogP contribution in [0.15, 0.2) is 231 Å². The minimum atomic E-state index is 0. The largest absolute Gasteiger partial charge is 2.00 e. The van der Waals surface area contributed by atoms with Crippen LogP contribution in [0.25, 0.3) is 77.2 Å². The van der Waals surface area contributed by atoms with E-state index in [1.165, 1.54) is 25.7 Å². The van der Waals surface area contributed by atoms with E-state index in [4.69, 9.17) is 9.47 Å². The van der Waals surface area contributed by atoms with Gasteiger partial charge >= 0.3 is 26.2 Å². The zero-order valence-electron chi connectivity index (χ0n) is 46.0. The first kappa shape index (κ1) is 54.6. The number of phenols is 2. The Labute approximate surface area is 495 Å². The van der Waals surface area contributed by atoms with Gasteiger partial charge < -0.3 is 28.8 Å². The molecule has 0 radical (unpaired) electrons. The molecule has 2 bridgehead atoms. The van der Waals surface area contributed by atoms with Crippen molar-refractivity contribution in [1.82, 2.24) is 9.13 Å². The topological polar surface area (TPSA) is 68.8 Å². The van der Waals surface area contributed by atoms with E-state index in [0.717, 1.165) is 111 Å². The number of fused-ring (bicyclic) bond motifs is 9. The Bertz CT molecular complexity index is 3760. The molecule has 3 fully saturated rings. The summed E-state index contributed by atoms with van der Waals surface area (Å²) in [5.41, 5.74) is 13.2. The Morgan fingerprint density at radius 3 is 1.00 bits per heavy atom. The van der Waals surface area contributed by atoms with Gasteiger partial charge in [-0.3, -0.25) is 0 Å². The number of benzene rings is 10. The Kier molecular flexibility index (Phi) is 16.3. The Morgan fingerprint density at radius 2 is 0.679 bits per heavy atom. The maximum atomic E-state index is 12.3. The molecule has 0 spiro atoms. The molecule has 12 aromatic rings. The zero-order chi connectivity index (χ0) is 54.7. The normalized spacial score (nSPS) is 16.3. The molecule has 0 saturated heterocycles. The number of aromatic nitrogens is 2. The number of aromatic hydroxyl groups is 2. The van der Waals surface area contributed by atoms with Crippen molar-refractivity contribution >= 4 is 43.6 Å². The van der Waals surface area contributed by atoms with Crippen molar-refractivity contribution in [3.8, 4) is 56.6 Å². The van der Waals surface area contributed by atoms with Crippen LogP contribution in [0.3, 0.4) is 0 Å². The van der Waals surface area contributed by atoms with Crippen LogP contribution in [0.4, 0.5) is 0 Å². The standard InChI is InChI=1S/C60H52N2O4.2C7H7.Zr/c1-37-31-47(59(63)55(33-37)61-51-21-9-3-15-41(51)42-16-4-10-22-52(42)61)45-19-7-13-25-57(45)65-35-49-39-27-29-40(30-28-39)50(49)36-66-58-26-14-8-20-46(58)48-32-38(2)34-56(60(48)64)62-53-23-11-5-17-43(53)44-18-6-12-24-54(44)62;2*1-7-5-3-2-4-6-7;/h3-26,31-34,39-40,49-50,63-64H,27-30,35-36H2,1-2H3;2*2-6H,1H2;/q;2*-1;+2. The molecule has 7 heteroatoms. The van der Waals surface area contributed by atoms with E-state index >= 15 is 0 Å². The van der Waals surface area contributed by atoms with Crippen molar-refractivity contribution in [1.29, 1.82) is 0 Å². The third-order valence-electron chi connectivity index (χ3n) is 16.6. The van der Waals surface area contributed by atoms with Gasteiger partial charge in [0.15, 0.2) is 0 Å². The van der Waals surface area contributed by atoms with Crippen LogP contribution in [-0.2, 0) is 26.2 Å². The van der Waals surface area contributed by atoms with E-state index in [-0.39, 0.29) is 37.7 Å². The van der Waals surface area contributed by atoms with Crippen LogP contribution in [0.1, 0.15) is 47.9 Å². The number of nitrogens with zero attached hydrogens (tertiary/aromatic N) is 2. The average Bonchev–Trinajstić information content (AvgIpc) is 4.08. The van der Waals surface area contributed by atoms with E-state index in [0.29, 0.717) is 36.9 Å². The predicted octanol–water partition coefficient (Wildman–Crippen LogP) is 18.5. The molecule has 3 aliphatic carbocycles. The number of phenolic OH excluding ortho intramolecular Hbond substituents is 2. The van der Waals surface area contributed by atoms with Gasteiger partial charge in [-0.1, -0.05) is 121 Å². The van der Waals surface area contributed by atoms with E-state index in [2.05, 4.69) is 170 Å². The van der Waals surface area contributed by atoms with Gasteiger partial charge in [-0.25, -0.2) is 0 Å². The molecule has 400 valence electrons. The molecule has 10 aromatic carbocycles.